The molecular formula is C38H66O4. The number of carboxylic acids is 1. The van der Waals surface area contributed by atoms with Crippen molar-refractivity contribution in [1.29, 1.82) is 0 Å². The molecule has 0 heterocycles. The lowest BCUT2D eigenvalue weighted by molar-refractivity contribution is -0.145. The van der Waals surface area contributed by atoms with Crippen molar-refractivity contribution in [2.45, 2.75) is 193 Å². The second-order valence-electron chi connectivity index (χ2n) is 13.7. The minimum Gasteiger partial charge on any atom is -0.478 e. The highest BCUT2D eigenvalue weighted by atomic mass is 16.5. The third-order valence-corrected chi connectivity index (χ3v) is 10.0. The quantitative estimate of drug-likeness (QED) is 0.257. The third-order valence-electron chi connectivity index (χ3n) is 10.0. The van der Waals surface area contributed by atoms with E-state index in [-0.39, 0.29) is 17.6 Å². The Hall–Kier alpha value is -1.58. The van der Waals surface area contributed by atoms with E-state index in [1.54, 1.807) is 5.57 Å². The van der Waals surface area contributed by atoms with Gasteiger partial charge in [-0.05, 0) is 77.0 Å². The predicted molar refractivity (Wildman–Crippen MR) is 177 cm³/mol. The number of carboxylic acid groups (broad SMARTS) is 1. The fourth-order valence-corrected chi connectivity index (χ4v) is 7.43. The molecule has 242 valence electrons. The van der Waals surface area contributed by atoms with Crippen LogP contribution in [0, 0.1) is 11.8 Å². The first kappa shape index (κ1) is 36.6. The maximum atomic E-state index is 13.8. The Labute approximate surface area is 259 Å². The summed E-state index contributed by atoms with van der Waals surface area (Å²) in [6.07, 6.45) is 35.9. The van der Waals surface area contributed by atoms with Crippen molar-refractivity contribution in [3.8, 4) is 0 Å². The molecule has 4 heteroatoms. The normalized spacial score (nSPS) is 22.0. The van der Waals surface area contributed by atoms with Crippen LogP contribution in [-0.2, 0) is 14.3 Å². The molecule has 0 aromatic carbocycles. The summed E-state index contributed by atoms with van der Waals surface area (Å²) in [5.41, 5.74) is 2.76. The summed E-state index contributed by atoms with van der Waals surface area (Å²) in [6.45, 7) is 6.76. The first-order valence-corrected chi connectivity index (χ1v) is 18.2. The van der Waals surface area contributed by atoms with Gasteiger partial charge in [0.2, 0.25) is 0 Å². The second kappa shape index (κ2) is 22.9. The molecule has 0 atom stereocenters. The number of aliphatic carboxylic acids is 1. The zero-order chi connectivity index (χ0) is 30.4. The van der Waals surface area contributed by atoms with Crippen LogP contribution in [-0.4, -0.2) is 23.1 Å². The van der Waals surface area contributed by atoms with E-state index >= 15 is 0 Å². The molecule has 0 radical (unpaired) electrons. The maximum absolute atomic E-state index is 13.8. The lowest BCUT2D eigenvalue weighted by atomic mass is 9.74. The van der Waals surface area contributed by atoms with E-state index in [4.69, 9.17) is 9.84 Å². The van der Waals surface area contributed by atoms with Gasteiger partial charge in [-0.2, -0.15) is 0 Å². The van der Waals surface area contributed by atoms with Crippen molar-refractivity contribution in [2.75, 3.05) is 0 Å². The van der Waals surface area contributed by atoms with Crippen LogP contribution in [0.25, 0.3) is 0 Å². The van der Waals surface area contributed by atoms with E-state index < -0.39 is 5.97 Å². The van der Waals surface area contributed by atoms with Gasteiger partial charge in [0.25, 0.3) is 0 Å². The van der Waals surface area contributed by atoms with Crippen LogP contribution in [0.1, 0.15) is 187 Å². The van der Waals surface area contributed by atoms with Crippen LogP contribution in [0.5, 0.6) is 0 Å². The molecule has 3 aliphatic carbocycles. The van der Waals surface area contributed by atoms with E-state index in [0.29, 0.717) is 11.8 Å². The van der Waals surface area contributed by atoms with Gasteiger partial charge in [0.1, 0.15) is 6.10 Å². The van der Waals surface area contributed by atoms with Crippen molar-refractivity contribution in [1.82, 2.24) is 0 Å². The van der Waals surface area contributed by atoms with Crippen LogP contribution < -0.4 is 0 Å². The maximum Gasteiger partial charge on any atom is 0.333 e. The monoisotopic (exact) mass is 586 g/mol. The average Bonchev–Trinajstić information content (AvgIpc) is 2.99. The van der Waals surface area contributed by atoms with Gasteiger partial charge in [0.15, 0.2) is 0 Å². The number of hydrogen-bond donors (Lipinski definition) is 1. The SMILES string of the molecule is C=C(C)C(=O)O.CC(C(=O)OC1CCCCCCCCC1)=C(C1CCCCCCCCC1)C1CCCCCCCCC1. The highest BCUT2D eigenvalue weighted by Gasteiger charge is 2.28. The molecular weight excluding hydrogens is 520 g/mol. The predicted octanol–water partition coefficient (Wildman–Crippen LogP) is 11.7. The lowest BCUT2D eigenvalue weighted by Crippen LogP contribution is -2.24. The Morgan fingerprint density at radius 2 is 0.786 bits per heavy atom. The standard InChI is InChI=1S/C34H60O2.C4H6O2/c1-29(34(35)36-32-27-21-15-9-4-10-16-22-28-32)33(30-23-17-11-5-2-6-12-18-24-30)31-25-19-13-7-3-8-14-20-26-31;1-3(2)4(5)6/h30-32H,2-28H2,1H3;1H2,2H3,(H,5,6). The summed E-state index contributed by atoms with van der Waals surface area (Å²) < 4.78 is 6.35. The Bertz CT molecular complexity index is 727. The van der Waals surface area contributed by atoms with Gasteiger partial charge in [-0.25, -0.2) is 9.59 Å². The Kier molecular flexibility index (Phi) is 20.0. The van der Waals surface area contributed by atoms with Crippen molar-refractivity contribution in [3.05, 3.63) is 23.3 Å². The molecule has 0 unspecified atom stereocenters. The molecule has 3 rings (SSSR count). The van der Waals surface area contributed by atoms with E-state index in [0.717, 1.165) is 18.4 Å². The second-order valence-corrected chi connectivity index (χ2v) is 13.7. The van der Waals surface area contributed by atoms with Gasteiger partial charge in [0.05, 0.1) is 0 Å². The third kappa shape index (κ3) is 15.8. The first-order valence-electron chi connectivity index (χ1n) is 18.2. The topological polar surface area (TPSA) is 63.6 Å². The summed E-state index contributed by atoms with van der Waals surface area (Å²) in [4.78, 5) is 23.4. The fraction of sp³-hybridized carbons (Fsp3) is 0.842. The van der Waals surface area contributed by atoms with Crippen molar-refractivity contribution in [3.63, 3.8) is 0 Å². The molecule has 0 aliphatic heterocycles. The Balaban J connectivity index is 0.000000928. The van der Waals surface area contributed by atoms with E-state index in [1.807, 2.05) is 0 Å². The fourth-order valence-electron chi connectivity index (χ4n) is 7.43. The molecule has 4 nitrogen and oxygen atoms in total. The molecule has 3 fully saturated rings. The molecule has 42 heavy (non-hydrogen) atoms. The van der Waals surface area contributed by atoms with Crippen molar-refractivity contribution < 1.29 is 19.4 Å². The Morgan fingerprint density at radius 3 is 1.07 bits per heavy atom. The summed E-state index contributed by atoms with van der Waals surface area (Å²) >= 11 is 0. The molecule has 0 bridgehead atoms. The van der Waals surface area contributed by atoms with Crippen LogP contribution >= 0.6 is 0 Å². The van der Waals surface area contributed by atoms with Crippen LogP contribution in [0.4, 0.5) is 0 Å². The smallest absolute Gasteiger partial charge is 0.333 e. The first-order chi connectivity index (χ1) is 20.4. The number of ether oxygens (including phenoxy) is 1. The van der Waals surface area contributed by atoms with Gasteiger partial charge < -0.3 is 9.84 Å². The van der Waals surface area contributed by atoms with Gasteiger partial charge in [-0.15, -0.1) is 0 Å². The van der Waals surface area contributed by atoms with Gasteiger partial charge >= 0.3 is 11.9 Å². The van der Waals surface area contributed by atoms with Gasteiger partial charge in [0, 0.05) is 11.1 Å². The number of esters is 1. The number of carbonyl (C=O) groups is 2. The highest BCUT2D eigenvalue weighted by Crippen LogP contribution is 2.39. The van der Waals surface area contributed by atoms with Gasteiger partial charge in [-0.3, -0.25) is 0 Å². The number of rotatable bonds is 5. The minimum absolute atomic E-state index is 0.0428. The van der Waals surface area contributed by atoms with E-state index in [2.05, 4.69) is 13.5 Å². The molecule has 0 aromatic heterocycles. The minimum atomic E-state index is -0.935. The van der Waals surface area contributed by atoms with Crippen LogP contribution in [0.2, 0.25) is 0 Å². The molecule has 3 saturated carbocycles. The summed E-state index contributed by atoms with van der Waals surface area (Å²) in [5.74, 6) is 0.316. The van der Waals surface area contributed by atoms with Crippen LogP contribution in [0.15, 0.2) is 23.3 Å². The number of hydrogen-bond acceptors (Lipinski definition) is 3. The average molecular weight is 587 g/mol. The molecule has 1 N–H and O–H groups in total. The molecule has 0 aromatic rings. The summed E-state index contributed by atoms with van der Waals surface area (Å²) in [7, 11) is 0. The zero-order valence-electron chi connectivity index (χ0n) is 27.7. The molecule has 3 aliphatic rings. The number of allylic oxidation sites excluding steroid dienone is 1. The van der Waals surface area contributed by atoms with E-state index in [1.165, 1.54) is 167 Å². The summed E-state index contributed by atoms with van der Waals surface area (Å²) in [6, 6.07) is 0. The largest absolute Gasteiger partial charge is 0.478 e. The van der Waals surface area contributed by atoms with Crippen molar-refractivity contribution in [2.24, 2.45) is 11.8 Å². The number of carbonyl (C=O) groups excluding carboxylic acids is 1. The molecule has 0 spiro atoms. The zero-order valence-corrected chi connectivity index (χ0v) is 27.7. The molecule has 0 amide bonds. The van der Waals surface area contributed by atoms with Crippen molar-refractivity contribution >= 4 is 11.9 Å². The molecule has 0 saturated heterocycles. The highest BCUT2D eigenvalue weighted by molar-refractivity contribution is 5.89. The summed E-state index contributed by atoms with van der Waals surface area (Å²) in [5, 5.41) is 7.89. The van der Waals surface area contributed by atoms with Crippen LogP contribution in [0.3, 0.4) is 0 Å². The van der Waals surface area contributed by atoms with E-state index in [9.17, 15) is 9.59 Å². The Morgan fingerprint density at radius 1 is 0.524 bits per heavy atom. The lowest BCUT2D eigenvalue weighted by Gasteiger charge is -2.31. The van der Waals surface area contributed by atoms with Gasteiger partial charge in [-0.1, -0.05) is 134 Å².